The average molecular weight is 541 g/mol. The highest BCUT2D eigenvalue weighted by atomic mass is 16.3. The molecule has 0 aromatic carbocycles. The van der Waals surface area contributed by atoms with Gasteiger partial charge in [0.25, 0.3) is 0 Å². The maximum Gasteiger partial charge on any atom is 0.0723 e. The highest BCUT2D eigenvalue weighted by molar-refractivity contribution is 5.38. The lowest BCUT2D eigenvalue weighted by atomic mass is 9.71. The van der Waals surface area contributed by atoms with Crippen LogP contribution >= 0.6 is 0 Å². The molecule has 2 aliphatic carbocycles. The molecule has 0 spiro atoms. The molecule has 0 unspecified atom stereocenters. The third-order valence-corrected chi connectivity index (χ3v) is 7.66. The van der Waals surface area contributed by atoms with Crippen LogP contribution in [0.2, 0.25) is 0 Å². The second-order valence-electron chi connectivity index (χ2n) is 12.2. The van der Waals surface area contributed by atoms with E-state index < -0.39 is 0 Å². The Morgan fingerprint density at radius 3 is 1.82 bits per heavy atom. The number of aliphatic hydroxyl groups excluding tert-OH is 2. The minimum Gasteiger partial charge on any atom is -0.393 e. The molecule has 2 rings (SSSR count). The molecule has 2 nitrogen and oxygen atoms in total. The Morgan fingerprint density at radius 1 is 0.750 bits per heavy atom. The summed E-state index contributed by atoms with van der Waals surface area (Å²) in [5.41, 5.74) is 8.71. The van der Waals surface area contributed by atoms with Gasteiger partial charge in [-0.25, -0.2) is 0 Å². The number of rotatable bonds is 10. The standard InChI is InChI=1S/C38H52O2/c1-28(15-11-17-30(3)19-21-34-22-23-35(39)25-32(34)5)13-9-10-14-29(2)16-12-18-31(4)20-24-37-33(6)26-36(40)27-38(37,7)8/h9-21,24-25,34-36,39-40H,22-23,26-27H2,1-8H3/t34-,35-,36-/m1/s1. The number of allylic oxidation sites excluding steroid dienone is 20. The lowest BCUT2D eigenvalue weighted by Gasteiger charge is -2.35. The maximum absolute atomic E-state index is 10.1. The van der Waals surface area contributed by atoms with Crippen molar-refractivity contribution in [3.63, 3.8) is 0 Å². The van der Waals surface area contributed by atoms with Crippen LogP contribution in [0.1, 0.15) is 81.1 Å². The molecule has 2 heteroatoms. The van der Waals surface area contributed by atoms with E-state index in [4.69, 9.17) is 0 Å². The molecule has 0 radical (unpaired) electrons. The molecule has 3 atom stereocenters. The van der Waals surface area contributed by atoms with Crippen molar-refractivity contribution in [2.45, 2.75) is 93.3 Å². The van der Waals surface area contributed by atoms with Crippen LogP contribution in [-0.2, 0) is 0 Å². The van der Waals surface area contributed by atoms with Gasteiger partial charge in [-0.1, -0.05) is 138 Å². The third-order valence-electron chi connectivity index (χ3n) is 7.66. The maximum atomic E-state index is 10.1. The molecule has 0 heterocycles. The van der Waals surface area contributed by atoms with Gasteiger partial charge < -0.3 is 10.2 Å². The molecule has 0 aromatic rings. The zero-order chi connectivity index (χ0) is 29.7. The summed E-state index contributed by atoms with van der Waals surface area (Å²) >= 11 is 0. The summed E-state index contributed by atoms with van der Waals surface area (Å²) < 4.78 is 0. The van der Waals surface area contributed by atoms with Crippen molar-refractivity contribution in [1.29, 1.82) is 0 Å². The Hall–Kier alpha value is -2.94. The monoisotopic (exact) mass is 540 g/mol. The summed E-state index contributed by atoms with van der Waals surface area (Å²) in [6, 6.07) is 0. The van der Waals surface area contributed by atoms with Gasteiger partial charge in [0, 0.05) is 0 Å². The summed E-state index contributed by atoms with van der Waals surface area (Å²) in [6.07, 6.45) is 34.8. The van der Waals surface area contributed by atoms with E-state index in [1.807, 2.05) is 6.08 Å². The van der Waals surface area contributed by atoms with Gasteiger partial charge in [-0.05, 0) is 84.1 Å². The first-order valence-electron chi connectivity index (χ1n) is 14.7. The van der Waals surface area contributed by atoms with Crippen LogP contribution in [0.25, 0.3) is 0 Å². The molecule has 0 aliphatic heterocycles. The zero-order valence-corrected chi connectivity index (χ0v) is 26.1. The summed E-state index contributed by atoms with van der Waals surface area (Å²) in [7, 11) is 0. The van der Waals surface area contributed by atoms with Gasteiger partial charge in [-0.3, -0.25) is 0 Å². The Balaban J connectivity index is 1.86. The van der Waals surface area contributed by atoms with Gasteiger partial charge in [0.2, 0.25) is 0 Å². The summed E-state index contributed by atoms with van der Waals surface area (Å²) in [5.74, 6) is 0.434. The first-order valence-corrected chi connectivity index (χ1v) is 14.7. The fraction of sp³-hybridized carbons (Fsp3) is 0.421. The van der Waals surface area contributed by atoms with Crippen LogP contribution in [-0.4, -0.2) is 22.4 Å². The predicted octanol–water partition coefficient (Wildman–Crippen LogP) is 9.77. The van der Waals surface area contributed by atoms with Crippen molar-refractivity contribution in [1.82, 2.24) is 0 Å². The Kier molecular flexibility index (Phi) is 13.6. The SMILES string of the molecule is CC(C=CC=C(C)C=CC1=C(C)C[C@@H](O)CC1(C)C)=CC=CC=C(C)C=CC=C(C)C=C[C@@H]1CC[C@@H](O)C=C1C. The first-order chi connectivity index (χ1) is 18.9. The summed E-state index contributed by atoms with van der Waals surface area (Å²) in [5, 5.41) is 19.8. The molecule has 216 valence electrons. The Morgan fingerprint density at radius 2 is 1.27 bits per heavy atom. The summed E-state index contributed by atoms with van der Waals surface area (Å²) in [4.78, 5) is 0. The van der Waals surface area contributed by atoms with E-state index in [1.54, 1.807) is 0 Å². The minimum atomic E-state index is -0.275. The van der Waals surface area contributed by atoms with E-state index in [2.05, 4.69) is 140 Å². The van der Waals surface area contributed by atoms with Gasteiger partial charge in [0.05, 0.1) is 12.2 Å². The van der Waals surface area contributed by atoms with Gasteiger partial charge in [-0.15, -0.1) is 0 Å². The van der Waals surface area contributed by atoms with E-state index >= 15 is 0 Å². The van der Waals surface area contributed by atoms with E-state index in [0.29, 0.717) is 5.92 Å². The van der Waals surface area contributed by atoms with Crippen molar-refractivity contribution in [3.8, 4) is 0 Å². The van der Waals surface area contributed by atoms with Crippen molar-refractivity contribution in [2.75, 3.05) is 0 Å². The molecule has 40 heavy (non-hydrogen) atoms. The van der Waals surface area contributed by atoms with Gasteiger partial charge in [0.1, 0.15) is 0 Å². The van der Waals surface area contributed by atoms with E-state index in [1.165, 1.54) is 39.0 Å². The molecule has 0 bridgehead atoms. The fourth-order valence-corrected chi connectivity index (χ4v) is 5.34. The smallest absolute Gasteiger partial charge is 0.0723 e. The molecular weight excluding hydrogens is 488 g/mol. The van der Waals surface area contributed by atoms with Crippen LogP contribution in [0.3, 0.4) is 0 Å². The minimum absolute atomic E-state index is 0.00759. The molecule has 0 fully saturated rings. The number of hydrogen-bond donors (Lipinski definition) is 2. The molecule has 0 saturated heterocycles. The van der Waals surface area contributed by atoms with Crippen molar-refractivity contribution in [2.24, 2.45) is 11.3 Å². The van der Waals surface area contributed by atoms with E-state index in [-0.39, 0.29) is 17.6 Å². The average Bonchev–Trinajstić information content (AvgIpc) is 2.85. The molecule has 2 N–H and O–H groups in total. The first kappa shape index (κ1) is 33.3. The van der Waals surface area contributed by atoms with Crippen molar-refractivity contribution >= 4 is 0 Å². The van der Waals surface area contributed by atoms with Gasteiger partial charge >= 0.3 is 0 Å². The van der Waals surface area contributed by atoms with Crippen molar-refractivity contribution in [3.05, 3.63) is 130 Å². The lowest BCUT2D eigenvalue weighted by molar-refractivity contribution is 0.116. The van der Waals surface area contributed by atoms with Crippen LogP contribution in [0, 0.1) is 11.3 Å². The van der Waals surface area contributed by atoms with E-state index in [9.17, 15) is 10.2 Å². The van der Waals surface area contributed by atoms with Crippen molar-refractivity contribution < 1.29 is 10.2 Å². The quantitative estimate of drug-likeness (QED) is 0.214. The zero-order valence-electron chi connectivity index (χ0n) is 26.1. The fourth-order valence-electron chi connectivity index (χ4n) is 5.34. The van der Waals surface area contributed by atoms with Crippen LogP contribution < -0.4 is 0 Å². The van der Waals surface area contributed by atoms with E-state index in [0.717, 1.165) is 25.7 Å². The van der Waals surface area contributed by atoms with Gasteiger partial charge in [0.15, 0.2) is 0 Å². The summed E-state index contributed by atoms with van der Waals surface area (Å²) in [6.45, 7) is 17.1. The molecular formula is C38H52O2. The van der Waals surface area contributed by atoms with Gasteiger partial charge in [-0.2, -0.15) is 0 Å². The predicted molar refractivity (Wildman–Crippen MR) is 175 cm³/mol. The largest absolute Gasteiger partial charge is 0.393 e. The second kappa shape index (κ2) is 16.4. The molecule has 0 aromatic heterocycles. The Bertz CT molecular complexity index is 1200. The van der Waals surface area contributed by atoms with Crippen LogP contribution in [0.15, 0.2) is 130 Å². The number of aliphatic hydroxyl groups is 2. The third kappa shape index (κ3) is 12.1. The Labute approximate surface area is 244 Å². The number of hydrogen-bond acceptors (Lipinski definition) is 2. The topological polar surface area (TPSA) is 40.5 Å². The molecule has 0 amide bonds. The van der Waals surface area contributed by atoms with Crippen LogP contribution in [0.5, 0.6) is 0 Å². The highest BCUT2D eigenvalue weighted by Gasteiger charge is 2.31. The molecule has 0 saturated carbocycles. The normalized spacial score (nSPS) is 25.9. The lowest BCUT2D eigenvalue weighted by Crippen LogP contribution is -2.28. The van der Waals surface area contributed by atoms with Crippen LogP contribution in [0.4, 0.5) is 0 Å². The molecule has 2 aliphatic rings. The highest BCUT2D eigenvalue weighted by Crippen LogP contribution is 2.41. The second-order valence-corrected chi connectivity index (χ2v) is 12.2.